The van der Waals surface area contributed by atoms with E-state index in [1.807, 2.05) is 0 Å². The molecular weight excluding hydrogens is 236 g/mol. The second-order valence-electron chi connectivity index (χ2n) is 3.60. The molecule has 0 aliphatic carbocycles. The fraction of sp³-hybridized carbons (Fsp3) is 0.0909. The van der Waals surface area contributed by atoms with Crippen LogP contribution < -0.4 is 5.32 Å². The lowest BCUT2D eigenvalue weighted by Crippen LogP contribution is -2.13. The maximum absolute atomic E-state index is 11.8. The first kappa shape index (κ1) is 11.8. The number of aryl methyl sites for hydroxylation is 1. The first-order chi connectivity index (χ1) is 8.58. The van der Waals surface area contributed by atoms with E-state index in [0.717, 1.165) is 0 Å². The molecule has 2 heterocycles. The summed E-state index contributed by atoms with van der Waals surface area (Å²) in [6, 6.07) is 2.80. The van der Waals surface area contributed by atoms with Crippen LogP contribution in [0.15, 0.2) is 24.5 Å². The number of aromatic carboxylic acids is 1. The highest BCUT2D eigenvalue weighted by Crippen LogP contribution is 2.11. The van der Waals surface area contributed by atoms with E-state index in [0.29, 0.717) is 16.9 Å². The predicted molar refractivity (Wildman–Crippen MR) is 62.5 cm³/mol. The summed E-state index contributed by atoms with van der Waals surface area (Å²) in [4.78, 5) is 26.2. The zero-order valence-corrected chi connectivity index (χ0v) is 9.47. The number of H-pyrrole nitrogens is 1. The lowest BCUT2D eigenvalue weighted by atomic mass is 10.2. The third kappa shape index (κ3) is 2.34. The summed E-state index contributed by atoms with van der Waals surface area (Å²) in [6.07, 6.45) is 2.73. The number of pyridine rings is 1. The number of carbonyl (C=O) groups excluding carboxylic acids is 1. The van der Waals surface area contributed by atoms with Crippen molar-refractivity contribution >= 4 is 17.6 Å². The zero-order valence-electron chi connectivity index (χ0n) is 9.47. The number of carbonyl (C=O) groups is 2. The highest BCUT2D eigenvalue weighted by Gasteiger charge is 2.12. The summed E-state index contributed by atoms with van der Waals surface area (Å²) < 4.78 is 0. The summed E-state index contributed by atoms with van der Waals surface area (Å²) in [5.74, 6) is -1.51. The molecule has 7 heteroatoms. The van der Waals surface area contributed by atoms with Gasteiger partial charge in [-0.15, -0.1) is 0 Å². The van der Waals surface area contributed by atoms with Gasteiger partial charge in [-0.25, -0.2) is 9.78 Å². The number of hydrogen-bond donors (Lipinski definition) is 3. The summed E-state index contributed by atoms with van der Waals surface area (Å²) >= 11 is 0. The van der Waals surface area contributed by atoms with Crippen molar-refractivity contribution in [3.63, 3.8) is 0 Å². The molecule has 3 N–H and O–H groups in total. The van der Waals surface area contributed by atoms with Gasteiger partial charge in [0, 0.05) is 17.6 Å². The van der Waals surface area contributed by atoms with Crippen LogP contribution in [-0.4, -0.2) is 32.2 Å². The van der Waals surface area contributed by atoms with Crippen molar-refractivity contribution in [3.05, 3.63) is 41.5 Å². The minimum Gasteiger partial charge on any atom is -0.477 e. The number of aromatic amines is 1. The fourth-order valence-corrected chi connectivity index (χ4v) is 1.40. The van der Waals surface area contributed by atoms with Gasteiger partial charge in [-0.2, -0.15) is 5.10 Å². The van der Waals surface area contributed by atoms with Gasteiger partial charge in [0.15, 0.2) is 0 Å². The van der Waals surface area contributed by atoms with Gasteiger partial charge in [-0.3, -0.25) is 9.89 Å². The molecule has 0 bridgehead atoms. The number of nitrogens with zero attached hydrogens (tertiary/aromatic N) is 2. The van der Waals surface area contributed by atoms with Crippen molar-refractivity contribution in [2.45, 2.75) is 6.92 Å². The lowest BCUT2D eigenvalue weighted by Gasteiger charge is -2.04. The Kier molecular flexibility index (Phi) is 3.05. The largest absolute Gasteiger partial charge is 0.477 e. The monoisotopic (exact) mass is 246 g/mol. The number of hydrogen-bond acceptors (Lipinski definition) is 4. The van der Waals surface area contributed by atoms with Gasteiger partial charge in [-0.05, 0) is 19.1 Å². The third-order valence-electron chi connectivity index (χ3n) is 2.31. The molecule has 7 nitrogen and oxygen atoms in total. The summed E-state index contributed by atoms with van der Waals surface area (Å²) in [5.41, 5.74) is 1.29. The molecular formula is C11H10N4O3. The van der Waals surface area contributed by atoms with E-state index < -0.39 is 5.97 Å². The van der Waals surface area contributed by atoms with E-state index >= 15 is 0 Å². The Labute approximate surface area is 102 Å². The molecule has 0 spiro atoms. The van der Waals surface area contributed by atoms with Crippen molar-refractivity contribution in [3.8, 4) is 0 Å². The Balaban J connectivity index is 2.20. The van der Waals surface area contributed by atoms with Crippen LogP contribution in [0.25, 0.3) is 0 Å². The average molecular weight is 246 g/mol. The molecule has 2 aromatic heterocycles. The van der Waals surface area contributed by atoms with Crippen LogP contribution in [0.4, 0.5) is 5.69 Å². The summed E-state index contributed by atoms with van der Waals surface area (Å²) in [6.45, 7) is 1.72. The van der Waals surface area contributed by atoms with Crippen LogP contribution in [0.2, 0.25) is 0 Å². The Hall–Kier alpha value is -2.70. The zero-order chi connectivity index (χ0) is 13.1. The normalized spacial score (nSPS) is 10.1. The van der Waals surface area contributed by atoms with Gasteiger partial charge in [0.1, 0.15) is 5.69 Å². The lowest BCUT2D eigenvalue weighted by molar-refractivity contribution is 0.0690. The van der Waals surface area contributed by atoms with E-state index in [9.17, 15) is 9.59 Å². The molecule has 0 saturated carbocycles. The molecule has 0 aliphatic rings. The van der Waals surface area contributed by atoms with Crippen LogP contribution in [0, 0.1) is 6.92 Å². The first-order valence-electron chi connectivity index (χ1n) is 5.08. The predicted octanol–water partition coefficient (Wildman–Crippen LogP) is 1.06. The van der Waals surface area contributed by atoms with Crippen molar-refractivity contribution in [1.82, 2.24) is 15.2 Å². The first-order valence-corrected chi connectivity index (χ1v) is 5.08. The Morgan fingerprint density at radius 1 is 1.44 bits per heavy atom. The van der Waals surface area contributed by atoms with Crippen LogP contribution >= 0.6 is 0 Å². The van der Waals surface area contributed by atoms with Crippen molar-refractivity contribution in [2.75, 3.05) is 5.32 Å². The van der Waals surface area contributed by atoms with E-state index in [1.54, 1.807) is 6.92 Å². The molecule has 0 aliphatic heterocycles. The molecule has 92 valence electrons. The average Bonchev–Trinajstić information content (AvgIpc) is 2.76. The highest BCUT2D eigenvalue weighted by atomic mass is 16.4. The fourth-order valence-electron chi connectivity index (χ4n) is 1.40. The van der Waals surface area contributed by atoms with Gasteiger partial charge in [0.2, 0.25) is 0 Å². The second kappa shape index (κ2) is 4.66. The molecule has 2 rings (SSSR count). The van der Waals surface area contributed by atoms with E-state index in [4.69, 9.17) is 5.11 Å². The maximum Gasteiger partial charge on any atom is 0.354 e. The SMILES string of the molecule is Cc1[nH]ncc1C(=O)Nc1ccnc(C(=O)O)c1. The molecule has 18 heavy (non-hydrogen) atoms. The Morgan fingerprint density at radius 2 is 2.22 bits per heavy atom. The van der Waals surface area contributed by atoms with Crippen LogP contribution in [0.3, 0.4) is 0 Å². The number of nitrogens with one attached hydrogen (secondary N) is 2. The van der Waals surface area contributed by atoms with E-state index in [2.05, 4.69) is 20.5 Å². The summed E-state index contributed by atoms with van der Waals surface area (Å²) in [7, 11) is 0. The number of carboxylic acids is 1. The van der Waals surface area contributed by atoms with Crippen molar-refractivity contribution in [2.24, 2.45) is 0 Å². The molecule has 2 aromatic rings. The topological polar surface area (TPSA) is 108 Å². The molecule has 0 fully saturated rings. The Morgan fingerprint density at radius 3 is 2.83 bits per heavy atom. The molecule has 0 unspecified atom stereocenters. The number of amides is 1. The van der Waals surface area contributed by atoms with Gasteiger partial charge in [0.25, 0.3) is 5.91 Å². The highest BCUT2D eigenvalue weighted by molar-refractivity contribution is 6.05. The standard InChI is InChI=1S/C11H10N4O3/c1-6-8(5-13-15-6)10(16)14-7-2-3-12-9(4-7)11(17)18/h2-5H,1H3,(H,13,15)(H,17,18)(H,12,14,16). The van der Waals surface area contributed by atoms with Crippen molar-refractivity contribution in [1.29, 1.82) is 0 Å². The second-order valence-corrected chi connectivity index (χ2v) is 3.60. The quantitative estimate of drug-likeness (QED) is 0.750. The van der Waals surface area contributed by atoms with Gasteiger partial charge < -0.3 is 10.4 Å². The number of carboxylic acid groups (broad SMARTS) is 1. The van der Waals surface area contributed by atoms with Crippen LogP contribution in [0.5, 0.6) is 0 Å². The molecule has 0 radical (unpaired) electrons. The third-order valence-corrected chi connectivity index (χ3v) is 2.31. The molecule has 0 saturated heterocycles. The number of anilines is 1. The molecule has 0 atom stereocenters. The van der Waals surface area contributed by atoms with Crippen LogP contribution in [0.1, 0.15) is 26.5 Å². The molecule has 0 aromatic carbocycles. The van der Waals surface area contributed by atoms with Gasteiger partial charge in [-0.1, -0.05) is 0 Å². The van der Waals surface area contributed by atoms with Crippen molar-refractivity contribution < 1.29 is 14.7 Å². The minimum absolute atomic E-state index is 0.128. The Bertz CT molecular complexity index is 606. The summed E-state index contributed by atoms with van der Waals surface area (Å²) in [5, 5.41) is 17.7. The number of aromatic nitrogens is 3. The van der Waals surface area contributed by atoms with Gasteiger partial charge >= 0.3 is 5.97 Å². The van der Waals surface area contributed by atoms with E-state index in [-0.39, 0.29) is 11.6 Å². The molecule has 1 amide bonds. The van der Waals surface area contributed by atoms with Gasteiger partial charge in [0.05, 0.1) is 11.8 Å². The minimum atomic E-state index is -1.15. The maximum atomic E-state index is 11.8. The number of rotatable bonds is 3. The smallest absolute Gasteiger partial charge is 0.354 e. The van der Waals surface area contributed by atoms with Crippen LogP contribution in [-0.2, 0) is 0 Å². The van der Waals surface area contributed by atoms with E-state index in [1.165, 1.54) is 24.5 Å².